The lowest BCUT2D eigenvalue weighted by Gasteiger charge is -2.10. The summed E-state index contributed by atoms with van der Waals surface area (Å²) in [4.78, 5) is 13.8. The number of hydrogen-bond donors (Lipinski definition) is 0. The van der Waals surface area contributed by atoms with Crippen molar-refractivity contribution in [3.05, 3.63) is 127 Å². The van der Waals surface area contributed by atoms with Gasteiger partial charge in [-0.15, -0.1) is 0 Å². The maximum atomic E-state index is 13.1. The number of pyridine rings is 1. The average molecular weight is 544 g/mol. The van der Waals surface area contributed by atoms with Crippen molar-refractivity contribution in [2.45, 2.75) is 6.18 Å². The molecule has 3 heterocycles. The Bertz CT molecular complexity index is 1960. The highest BCUT2D eigenvalue weighted by atomic mass is 19.4. The molecule has 198 valence electrons. The van der Waals surface area contributed by atoms with Crippen LogP contribution in [0.15, 0.2) is 126 Å². The van der Waals surface area contributed by atoms with Crippen LogP contribution in [-0.4, -0.2) is 15.0 Å². The SMILES string of the molecule is FC(F)(F)c1cnc2c(c1)oc1ccc(-c3ccc(-c4cc(-c5ccccc5)nc(-c5ccccc5)n4)cc3)cc12. The van der Waals surface area contributed by atoms with E-state index in [-0.39, 0.29) is 5.58 Å². The predicted octanol–water partition coefficient (Wildman–Crippen LogP) is 9.46. The molecule has 0 amide bonds. The normalized spacial score (nSPS) is 11.8. The van der Waals surface area contributed by atoms with Crippen LogP contribution in [0.2, 0.25) is 0 Å². The summed E-state index contributed by atoms with van der Waals surface area (Å²) >= 11 is 0. The van der Waals surface area contributed by atoms with Gasteiger partial charge < -0.3 is 4.42 Å². The van der Waals surface area contributed by atoms with E-state index in [9.17, 15) is 13.2 Å². The van der Waals surface area contributed by atoms with Crippen molar-refractivity contribution in [3.8, 4) is 45.0 Å². The number of rotatable bonds is 4. The van der Waals surface area contributed by atoms with E-state index in [1.165, 1.54) is 0 Å². The average Bonchev–Trinajstić information content (AvgIpc) is 3.39. The van der Waals surface area contributed by atoms with Gasteiger partial charge in [0, 0.05) is 28.3 Å². The van der Waals surface area contributed by atoms with Crippen LogP contribution in [0.1, 0.15) is 5.56 Å². The smallest absolute Gasteiger partial charge is 0.418 e. The number of furan rings is 1. The molecule has 0 unspecified atom stereocenters. The molecule has 0 N–H and O–H groups in total. The molecule has 0 saturated heterocycles. The van der Waals surface area contributed by atoms with E-state index >= 15 is 0 Å². The van der Waals surface area contributed by atoms with Crippen molar-refractivity contribution in [1.82, 2.24) is 15.0 Å². The summed E-state index contributed by atoms with van der Waals surface area (Å²) in [5.74, 6) is 0.643. The van der Waals surface area contributed by atoms with E-state index in [1.807, 2.05) is 103 Å². The van der Waals surface area contributed by atoms with Gasteiger partial charge in [0.2, 0.25) is 0 Å². The van der Waals surface area contributed by atoms with E-state index in [2.05, 4.69) is 4.98 Å². The Morgan fingerprint density at radius 3 is 1.78 bits per heavy atom. The maximum Gasteiger partial charge on any atom is 0.418 e. The van der Waals surface area contributed by atoms with Gasteiger partial charge in [0.15, 0.2) is 11.4 Å². The topological polar surface area (TPSA) is 51.8 Å². The van der Waals surface area contributed by atoms with Crippen molar-refractivity contribution >= 4 is 22.1 Å². The maximum absolute atomic E-state index is 13.1. The van der Waals surface area contributed by atoms with E-state index in [4.69, 9.17) is 14.4 Å². The molecule has 0 aliphatic carbocycles. The van der Waals surface area contributed by atoms with Crippen LogP contribution < -0.4 is 0 Å². The molecule has 0 fully saturated rings. The third-order valence-electron chi connectivity index (χ3n) is 6.98. The third-order valence-corrected chi connectivity index (χ3v) is 6.98. The summed E-state index contributed by atoms with van der Waals surface area (Å²) in [6, 6.07) is 36.4. The summed E-state index contributed by atoms with van der Waals surface area (Å²) in [7, 11) is 0. The highest BCUT2D eigenvalue weighted by Gasteiger charge is 2.31. The van der Waals surface area contributed by atoms with Gasteiger partial charge >= 0.3 is 6.18 Å². The lowest BCUT2D eigenvalue weighted by atomic mass is 10.0. The number of nitrogens with zero attached hydrogens (tertiary/aromatic N) is 3. The minimum Gasteiger partial charge on any atom is -0.454 e. The summed E-state index contributed by atoms with van der Waals surface area (Å²) < 4.78 is 45.1. The zero-order valence-corrected chi connectivity index (χ0v) is 21.4. The van der Waals surface area contributed by atoms with Crippen molar-refractivity contribution < 1.29 is 17.6 Å². The van der Waals surface area contributed by atoms with Gasteiger partial charge in [-0.05, 0) is 35.4 Å². The molecule has 0 atom stereocenters. The molecule has 0 saturated carbocycles. The standard InChI is InChI=1S/C34H20F3N3O/c35-34(36,37)26-18-31-32(38-20-26)27-17-25(15-16-30(27)41-31)21-11-13-23(14-12-21)29-19-28(22-7-3-1-4-8-22)39-33(40-29)24-9-5-2-6-10-24/h1-20H. The van der Waals surface area contributed by atoms with Gasteiger partial charge in [-0.1, -0.05) is 91.0 Å². The number of hydrogen-bond acceptors (Lipinski definition) is 4. The molecule has 0 radical (unpaired) electrons. The second-order valence-electron chi connectivity index (χ2n) is 9.65. The first-order valence-electron chi connectivity index (χ1n) is 12.9. The molecular formula is C34H20F3N3O. The highest BCUT2D eigenvalue weighted by Crippen LogP contribution is 2.36. The number of halogens is 3. The van der Waals surface area contributed by atoms with Gasteiger partial charge in [-0.2, -0.15) is 13.2 Å². The monoisotopic (exact) mass is 543 g/mol. The minimum atomic E-state index is -4.49. The van der Waals surface area contributed by atoms with E-state index in [0.29, 0.717) is 22.3 Å². The fourth-order valence-corrected chi connectivity index (χ4v) is 4.88. The molecule has 41 heavy (non-hydrogen) atoms. The third kappa shape index (κ3) is 4.72. The lowest BCUT2D eigenvalue weighted by Crippen LogP contribution is -2.04. The van der Waals surface area contributed by atoms with E-state index in [1.54, 1.807) is 6.07 Å². The Morgan fingerprint density at radius 1 is 0.537 bits per heavy atom. The molecule has 0 aliphatic heterocycles. The summed E-state index contributed by atoms with van der Waals surface area (Å²) in [6.45, 7) is 0. The van der Waals surface area contributed by atoms with Crippen LogP contribution >= 0.6 is 0 Å². The number of benzene rings is 4. The zero-order chi connectivity index (χ0) is 28.0. The molecule has 7 aromatic rings. The summed E-state index contributed by atoms with van der Waals surface area (Å²) in [5, 5.41) is 0.658. The molecule has 0 bridgehead atoms. The molecule has 0 aliphatic rings. The first-order valence-corrected chi connectivity index (χ1v) is 12.9. The van der Waals surface area contributed by atoms with Crippen LogP contribution in [0, 0.1) is 0 Å². The Hall–Kier alpha value is -5.30. The first-order chi connectivity index (χ1) is 19.9. The Balaban J connectivity index is 1.27. The number of alkyl halides is 3. The van der Waals surface area contributed by atoms with Crippen LogP contribution in [0.3, 0.4) is 0 Å². The van der Waals surface area contributed by atoms with E-state index in [0.717, 1.165) is 51.5 Å². The van der Waals surface area contributed by atoms with Crippen molar-refractivity contribution in [3.63, 3.8) is 0 Å². The van der Waals surface area contributed by atoms with Crippen molar-refractivity contribution in [1.29, 1.82) is 0 Å². The van der Waals surface area contributed by atoms with Gasteiger partial charge in [0.25, 0.3) is 0 Å². The zero-order valence-electron chi connectivity index (χ0n) is 21.4. The molecular weight excluding hydrogens is 523 g/mol. The fraction of sp³-hybridized carbons (Fsp3) is 0.0294. The van der Waals surface area contributed by atoms with Gasteiger partial charge in [-0.25, -0.2) is 9.97 Å². The predicted molar refractivity (Wildman–Crippen MR) is 154 cm³/mol. The quantitative estimate of drug-likeness (QED) is 0.222. The van der Waals surface area contributed by atoms with Crippen LogP contribution in [0.4, 0.5) is 13.2 Å². The van der Waals surface area contributed by atoms with Gasteiger partial charge in [0.1, 0.15) is 11.1 Å². The fourth-order valence-electron chi connectivity index (χ4n) is 4.88. The Kier molecular flexibility index (Phi) is 5.86. The minimum absolute atomic E-state index is 0.106. The van der Waals surface area contributed by atoms with E-state index < -0.39 is 11.7 Å². The molecule has 4 aromatic carbocycles. The number of aromatic nitrogens is 3. The van der Waals surface area contributed by atoms with Crippen molar-refractivity contribution in [2.75, 3.05) is 0 Å². The van der Waals surface area contributed by atoms with Gasteiger partial charge in [0.05, 0.1) is 17.0 Å². The Morgan fingerprint density at radius 2 is 1.12 bits per heavy atom. The summed E-state index contributed by atoms with van der Waals surface area (Å²) in [6.07, 6.45) is -3.64. The van der Waals surface area contributed by atoms with Crippen LogP contribution in [0.25, 0.3) is 67.1 Å². The molecule has 3 aromatic heterocycles. The molecule has 0 spiro atoms. The largest absolute Gasteiger partial charge is 0.454 e. The van der Waals surface area contributed by atoms with Gasteiger partial charge in [-0.3, -0.25) is 4.98 Å². The number of fused-ring (bicyclic) bond motifs is 3. The highest BCUT2D eigenvalue weighted by molar-refractivity contribution is 6.04. The second kappa shape index (κ2) is 9.71. The van der Waals surface area contributed by atoms with Crippen molar-refractivity contribution in [2.24, 2.45) is 0 Å². The summed E-state index contributed by atoms with van der Waals surface area (Å²) in [5.41, 5.74) is 6.48. The van der Waals surface area contributed by atoms with Crippen LogP contribution in [0.5, 0.6) is 0 Å². The molecule has 7 rings (SSSR count). The molecule has 4 nitrogen and oxygen atoms in total. The first kappa shape index (κ1) is 24.7. The lowest BCUT2D eigenvalue weighted by molar-refractivity contribution is -0.137. The second-order valence-corrected chi connectivity index (χ2v) is 9.65. The van der Waals surface area contributed by atoms with Crippen LogP contribution in [-0.2, 0) is 6.18 Å². The molecule has 7 heteroatoms. The Labute approximate surface area is 232 Å².